The van der Waals surface area contributed by atoms with Gasteiger partial charge < -0.3 is 9.64 Å². The molecule has 44 heavy (non-hydrogen) atoms. The molecule has 0 aliphatic carbocycles. The van der Waals surface area contributed by atoms with Crippen molar-refractivity contribution >= 4 is 35.2 Å². The number of para-hydroxylation sites is 2. The molecule has 0 bridgehead atoms. The Labute approximate surface area is 251 Å². The minimum Gasteiger partial charge on any atom is -0.451 e. The fourth-order valence-electron chi connectivity index (χ4n) is 6.70. The maximum atomic E-state index is 14.4. The molecule has 9 heteroatoms. The van der Waals surface area contributed by atoms with Crippen LogP contribution in [0.25, 0.3) is 6.08 Å². The average molecular weight is 595 g/mol. The van der Waals surface area contributed by atoms with Gasteiger partial charge in [-0.05, 0) is 34.9 Å². The third-order valence-electron chi connectivity index (χ3n) is 8.55. The fourth-order valence-corrected chi connectivity index (χ4v) is 6.70. The van der Waals surface area contributed by atoms with E-state index in [1.165, 1.54) is 12.1 Å². The normalized spacial score (nSPS) is 22.2. The quantitative estimate of drug-likeness (QED) is 0.197. The van der Waals surface area contributed by atoms with E-state index in [1.54, 1.807) is 23.1 Å². The van der Waals surface area contributed by atoms with Crippen LogP contribution in [0.4, 0.5) is 24.5 Å². The van der Waals surface area contributed by atoms with Crippen molar-refractivity contribution in [2.45, 2.75) is 24.4 Å². The summed E-state index contributed by atoms with van der Waals surface area (Å²) in [6, 6.07) is 28.0. The van der Waals surface area contributed by atoms with Crippen LogP contribution in [0.5, 0.6) is 0 Å². The first-order valence-electron chi connectivity index (χ1n) is 14.2. The van der Waals surface area contributed by atoms with Crippen LogP contribution in [0.1, 0.15) is 28.4 Å². The predicted octanol–water partition coefficient (Wildman–Crippen LogP) is 6.43. The molecule has 7 rings (SSSR count). The molecule has 4 atom stereocenters. The van der Waals surface area contributed by atoms with Crippen LogP contribution in [-0.4, -0.2) is 29.9 Å². The van der Waals surface area contributed by atoms with Crippen LogP contribution in [0.15, 0.2) is 115 Å². The van der Waals surface area contributed by atoms with Crippen molar-refractivity contribution in [1.29, 1.82) is 0 Å². The molecule has 6 nitrogen and oxygen atoms in total. The number of anilines is 2. The monoisotopic (exact) mass is 594 g/mol. The topological polar surface area (TPSA) is 66.9 Å². The first-order chi connectivity index (χ1) is 21.3. The van der Waals surface area contributed by atoms with Gasteiger partial charge >= 0.3 is 12.1 Å². The van der Waals surface area contributed by atoms with E-state index in [1.807, 2.05) is 78.9 Å². The van der Waals surface area contributed by atoms with Crippen LogP contribution in [-0.2, 0) is 25.3 Å². The highest BCUT2D eigenvalue weighted by molar-refractivity contribution is 6.25. The Hall–Kier alpha value is -5.18. The molecule has 220 valence electrons. The van der Waals surface area contributed by atoms with E-state index in [0.29, 0.717) is 21.7 Å². The Morgan fingerprint density at radius 2 is 1.25 bits per heavy atom. The van der Waals surface area contributed by atoms with Crippen molar-refractivity contribution in [3.63, 3.8) is 0 Å². The molecule has 4 aromatic carbocycles. The average Bonchev–Trinajstić information content (AvgIpc) is 3.52. The number of hydrogen-bond donors (Lipinski definition) is 0. The molecule has 0 saturated carbocycles. The number of fused-ring (bicyclic) bond motifs is 5. The third-order valence-corrected chi connectivity index (χ3v) is 8.55. The predicted molar refractivity (Wildman–Crippen MR) is 157 cm³/mol. The molecule has 2 amide bonds. The number of ether oxygens (including phenoxy) is 1. The third kappa shape index (κ3) is 4.38. The smallest absolute Gasteiger partial charge is 0.418 e. The summed E-state index contributed by atoms with van der Waals surface area (Å²) >= 11 is 0. The number of rotatable bonds is 5. The van der Waals surface area contributed by atoms with Crippen LogP contribution in [0.3, 0.4) is 0 Å². The lowest BCUT2D eigenvalue weighted by atomic mass is 9.88. The van der Waals surface area contributed by atoms with Gasteiger partial charge in [0.05, 0.1) is 29.1 Å². The summed E-state index contributed by atoms with van der Waals surface area (Å²) in [5, 5.41) is 0. The number of carbonyl (C=O) groups is 3. The van der Waals surface area contributed by atoms with Crippen molar-refractivity contribution in [2.24, 2.45) is 11.8 Å². The van der Waals surface area contributed by atoms with E-state index in [2.05, 4.69) is 0 Å². The van der Waals surface area contributed by atoms with E-state index >= 15 is 0 Å². The van der Waals surface area contributed by atoms with Gasteiger partial charge in [0.1, 0.15) is 6.04 Å². The van der Waals surface area contributed by atoms with Gasteiger partial charge in [-0.15, -0.1) is 0 Å². The number of benzene rings is 4. The van der Waals surface area contributed by atoms with Crippen molar-refractivity contribution in [3.05, 3.63) is 138 Å². The first kappa shape index (κ1) is 27.6. The Morgan fingerprint density at radius 1 is 0.705 bits per heavy atom. The molecule has 0 spiro atoms. The van der Waals surface area contributed by atoms with Gasteiger partial charge in [-0.3, -0.25) is 9.59 Å². The zero-order chi connectivity index (χ0) is 30.6. The highest BCUT2D eigenvalue weighted by Crippen LogP contribution is 2.51. The maximum Gasteiger partial charge on any atom is 0.418 e. The lowest BCUT2D eigenvalue weighted by Crippen LogP contribution is -2.49. The second-order valence-corrected chi connectivity index (χ2v) is 11.0. The Balaban J connectivity index is 1.33. The molecule has 3 aliphatic rings. The largest absolute Gasteiger partial charge is 0.451 e. The first-order valence-corrected chi connectivity index (χ1v) is 14.2. The van der Waals surface area contributed by atoms with Crippen molar-refractivity contribution in [3.8, 4) is 0 Å². The minimum absolute atomic E-state index is 0.547. The van der Waals surface area contributed by atoms with Crippen molar-refractivity contribution in [1.82, 2.24) is 0 Å². The van der Waals surface area contributed by atoms with Crippen LogP contribution >= 0.6 is 0 Å². The van der Waals surface area contributed by atoms with Crippen LogP contribution in [0, 0.1) is 11.8 Å². The van der Waals surface area contributed by atoms with Gasteiger partial charge in [0.25, 0.3) is 0 Å². The molecular weight excluding hydrogens is 569 g/mol. The summed E-state index contributed by atoms with van der Waals surface area (Å²) in [6.45, 7) is 0. The summed E-state index contributed by atoms with van der Waals surface area (Å²) < 4.78 is 48.2. The highest BCUT2D eigenvalue weighted by Gasteiger charge is 2.65. The lowest BCUT2D eigenvalue weighted by Gasteiger charge is -2.36. The minimum atomic E-state index is -4.80. The lowest BCUT2D eigenvalue weighted by molar-refractivity contribution is -0.151. The molecule has 3 aliphatic heterocycles. The second-order valence-electron chi connectivity index (χ2n) is 11.0. The van der Waals surface area contributed by atoms with Gasteiger partial charge in [-0.2, -0.15) is 13.2 Å². The van der Waals surface area contributed by atoms with E-state index in [0.717, 1.165) is 17.7 Å². The van der Waals surface area contributed by atoms with Crippen molar-refractivity contribution < 1.29 is 32.3 Å². The molecule has 3 heterocycles. The number of carbonyl (C=O) groups excluding carboxylic acids is 3. The summed E-state index contributed by atoms with van der Waals surface area (Å²) in [5.74, 6) is -4.77. The van der Waals surface area contributed by atoms with E-state index in [4.69, 9.17) is 4.74 Å². The summed E-state index contributed by atoms with van der Waals surface area (Å²) in [5.41, 5.74) is 1.17. The van der Waals surface area contributed by atoms with E-state index < -0.39 is 65.2 Å². The zero-order valence-electron chi connectivity index (χ0n) is 23.1. The highest BCUT2D eigenvalue weighted by atomic mass is 19.4. The number of imide groups is 1. The summed E-state index contributed by atoms with van der Waals surface area (Å²) in [4.78, 5) is 44.9. The Morgan fingerprint density at radius 3 is 1.89 bits per heavy atom. The van der Waals surface area contributed by atoms with Gasteiger partial charge in [-0.25, -0.2) is 9.69 Å². The Kier molecular flexibility index (Phi) is 6.61. The number of alkyl halides is 3. The maximum absolute atomic E-state index is 14.4. The van der Waals surface area contributed by atoms with E-state index in [9.17, 15) is 27.6 Å². The SMILES string of the molecule is O=C(OC(c1ccccc1)c1ccccc1)[C@@H]1[C@@H]2C(=O)N(c3ccccc3C(F)(F)F)C(=O)[C@H]2[C@H]2C=Cc3ccccc3N21. The van der Waals surface area contributed by atoms with Gasteiger partial charge in [-0.1, -0.05) is 103 Å². The number of esters is 1. The zero-order valence-corrected chi connectivity index (χ0v) is 23.1. The molecule has 0 radical (unpaired) electrons. The summed E-state index contributed by atoms with van der Waals surface area (Å²) in [6.07, 6.45) is -2.08. The molecule has 2 saturated heterocycles. The molecule has 2 fully saturated rings. The molecular formula is C35H25F3N2O4. The van der Waals surface area contributed by atoms with Crippen LogP contribution in [0.2, 0.25) is 0 Å². The number of halogens is 3. The number of nitrogens with zero attached hydrogens (tertiary/aromatic N) is 2. The second kappa shape index (κ2) is 10.5. The number of amides is 2. The fraction of sp³-hybridized carbons (Fsp3) is 0.171. The van der Waals surface area contributed by atoms with Crippen molar-refractivity contribution in [2.75, 3.05) is 9.80 Å². The number of hydrogen-bond acceptors (Lipinski definition) is 5. The van der Waals surface area contributed by atoms with Gasteiger partial charge in [0.2, 0.25) is 11.8 Å². The summed E-state index contributed by atoms with van der Waals surface area (Å²) in [7, 11) is 0. The van der Waals surface area contributed by atoms with E-state index in [-0.39, 0.29) is 0 Å². The molecule has 4 aromatic rings. The molecule has 0 unspecified atom stereocenters. The standard InChI is InChI=1S/C35H25F3N2O4/c36-35(37,38)24-16-8-10-18-26(24)40-32(41)28-27-20-19-21-11-7-9-17-25(21)39(27)30(29(28)33(40)42)34(43)44-31(22-12-3-1-4-13-22)23-14-5-2-6-15-23/h1-20,27-31H/t27-,28+,29-,30+/m1/s1. The Bertz CT molecular complexity index is 1750. The molecule has 0 aromatic heterocycles. The van der Waals surface area contributed by atoms with Gasteiger partial charge in [0.15, 0.2) is 6.10 Å². The van der Waals surface area contributed by atoms with Gasteiger partial charge in [0, 0.05) is 5.69 Å². The molecule has 0 N–H and O–H groups in total. The van der Waals surface area contributed by atoms with Crippen LogP contribution < -0.4 is 9.80 Å².